The van der Waals surface area contributed by atoms with Crippen molar-refractivity contribution in [2.75, 3.05) is 6.61 Å². The molecular formula is C16H28O2. The van der Waals surface area contributed by atoms with Gasteiger partial charge in [0.25, 0.3) is 0 Å². The summed E-state index contributed by atoms with van der Waals surface area (Å²) in [5.41, 5.74) is 0. The third-order valence-electron chi connectivity index (χ3n) is 3.45. The molecule has 0 saturated heterocycles. The summed E-state index contributed by atoms with van der Waals surface area (Å²) < 4.78 is 5.22. The van der Waals surface area contributed by atoms with Crippen LogP contribution in [0.15, 0.2) is 12.2 Å². The predicted octanol–water partition coefficient (Wildman–Crippen LogP) is 4.78. The molecule has 0 aromatic rings. The number of carbonyl (C=O) groups excluding carboxylic acids is 1. The number of hydrogen-bond donors (Lipinski definition) is 0. The molecule has 0 unspecified atom stereocenters. The summed E-state index contributed by atoms with van der Waals surface area (Å²) in [6.45, 7) is 0.624. The van der Waals surface area contributed by atoms with Gasteiger partial charge in [0.1, 0.15) is 0 Å². The first-order valence-electron chi connectivity index (χ1n) is 7.70. The molecule has 1 heterocycles. The van der Waals surface area contributed by atoms with E-state index < -0.39 is 0 Å². The van der Waals surface area contributed by atoms with E-state index in [1.807, 2.05) is 0 Å². The van der Waals surface area contributed by atoms with Gasteiger partial charge >= 0.3 is 5.97 Å². The normalized spacial score (nSPS) is 23.9. The number of hydrogen-bond acceptors (Lipinski definition) is 2. The first kappa shape index (κ1) is 15.3. The van der Waals surface area contributed by atoms with E-state index in [1.54, 1.807) is 0 Å². The summed E-state index contributed by atoms with van der Waals surface area (Å²) >= 11 is 0. The quantitative estimate of drug-likeness (QED) is 0.458. The number of allylic oxidation sites excluding steroid dienone is 2. The molecule has 0 spiro atoms. The molecule has 1 rings (SSSR count). The van der Waals surface area contributed by atoms with Crippen molar-refractivity contribution in [2.24, 2.45) is 0 Å². The van der Waals surface area contributed by atoms with Gasteiger partial charge in [-0.1, -0.05) is 44.3 Å². The maximum Gasteiger partial charge on any atom is 0.305 e. The molecule has 2 heteroatoms. The van der Waals surface area contributed by atoms with Crippen molar-refractivity contribution in [3.05, 3.63) is 12.2 Å². The maximum atomic E-state index is 11.4. The summed E-state index contributed by atoms with van der Waals surface area (Å²) in [5, 5.41) is 0. The van der Waals surface area contributed by atoms with Crippen molar-refractivity contribution in [1.29, 1.82) is 0 Å². The third kappa shape index (κ3) is 9.26. The van der Waals surface area contributed by atoms with E-state index in [1.165, 1.54) is 51.4 Å². The molecule has 0 saturated carbocycles. The van der Waals surface area contributed by atoms with Crippen LogP contribution in [0.1, 0.15) is 77.0 Å². The number of cyclic esters (lactones) is 1. The molecule has 18 heavy (non-hydrogen) atoms. The van der Waals surface area contributed by atoms with Gasteiger partial charge in [-0.05, 0) is 38.5 Å². The zero-order valence-electron chi connectivity index (χ0n) is 11.7. The fraction of sp³-hybridized carbons (Fsp3) is 0.812. The highest BCUT2D eigenvalue weighted by atomic mass is 16.5. The first-order valence-corrected chi connectivity index (χ1v) is 7.70. The van der Waals surface area contributed by atoms with E-state index >= 15 is 0 Å². The Morgan fingerprint density at radius 1 is 0.722 bits per heavy atom. The lowest BCUT2D eigenvalue weighted by Crippen LogP contribution is -2.05. The molecule has 0 radical (unpaired) electrons. The second-order valence-electron chi connectivity index (χ2n) is 5.20. The standard InChI is InChI=1S/C16H28O2/c17-16-14-12-10-8-6-4-2-1-3-5-7-9-11-13-15-18-16/h1-2H,3-15H2/b2-1-. The summed E-state index contributed by atoms with van der Waals surface area (Å²) in [5.74, 6) is -0.000729. The molecule has 1 aliphatic rings. The Morgan fingerprint density at radius 2 is 1.28 bits per heavy atom. The van der Waals surface area contributed by atoms with Crippen LogP contribution in [-0.4, -0.2) is 12.6 Å². The molecule has 104 valence electrons. The zero-order valence-corrected chi connectivity index (χ0v) is 11.7. The minimum Gasteiger partial charge on any atom is -0.466 e. The van der Waals surface area contributed by atoms with Crippen LogP contribution in [0.4, 0.5) is 0 Å². The number of esters is 1. The Kier molecular flexibility index (Phi) is 9.59. The van der Waals surface area contributed by atoms with Crippen LogP contribution >= 0.6 is 0 Å². The van der Waals surface area contributed by atoms with Crippen molar-refractivity contribution >= 4 is 5.97 Å². The fourth-order valence-corrected chi connectivity index (χ4v) is 2.27. The van der Waals surface area contributed by atoms with Gasteiger partial charge in [-0.25, -0.2) is 0 Å². The maximum absolute atomic E-state index is 11.4. The van der Waals surface area contributed by atoms with Gasteiger partial charge in [0.15, 0.2) is 0 Å². The monoisotopic (exact) mass is 252 g/mol. The highest BCUT2D eigenvalue weighted by Gasteiger charge is 2.02. The average Bonchev–Trinajstić information content (AvgIpc) is 2.37. The van der Waals surface area contributed by atoms with Gasteiger partial charge in [0.05, 0.1) is 6.61 Å². The van der Waals surface area contributed by atoms with Gasteiger partial charge in [-0.15, -0.1) is 0 Å². The molecule has 0 aromatic heterocycles. The first-order chi connectivity index (χ1) is 8.89. The lowest BCUT2D eigenvalue weighted by molar-refractivity contribution is -0.143. The molecule has 0 fully saturated rings. The summed E-state index contributed by atoms with van der Waals surface area (Å²) in [6.07, 6.45) is 18.4. The van der Waals surface area contributed by atoms with Crippen LogP contribution < -0.4 is 0 Å². The molecule has 0 amide bonds. The van der Waals surface area contributed by atoms with Crippen LogP contribution in [0.5, 0.6) is 0 Å². The Morgan fingerprint density at radius 3 is 2.00 bits per heavy atom. The van der Waals surface area contributed by atoms with Crippen LogP contribution in [0.3, 0.4) is 0 Å². The van der Waals surface area contributed by atoms with Gasteiger partial charge in [-0.3, -0.25) is 4.79 Å². The molecule has 1 aliphatic heterocycles. The van der Waals surface area contributed by atoms with Crippen LogP contribution in [0.2, 0.25) is 0 Å². The number of rotatable bonds is 0. The smallest absolute Gasteiger partial charge is 0.305 e. The summed E-state index contributed by atoms with van der Waals surface area (Å²) in [4.78, 5) is 11.4. The van der Waals surface area contributed by atoms with Crippen LogP contribution in [0.25, 0.3) is 0 Å². The number of ether oxygens (including phenoxy) is 1. The Labute approximate surface area is 112 Å². The number of carbonyl (C=O) groups is 1. The molecule has 0 aliphatic carbocycles. The largest absolute Gasteiger partial charge is 0.466 e. The van der Waals surface area contributed by atoms with Crippen molar-refractivity contribution in [3.63, 3.8) is 0 Å². The van der Waals surface area contributed by atoms with Crippen LogP contribution in [0, 0.1) is 0 Å². The highest BCUT2D eigenvalue weighted by Crippen LogP contribution is 2.10. The topological polar surface area (TPSA) is 26.3 Å². The van der Waals surface area contributed by atoms with Crippen molar-refractivity contribution < 1.29 is 9.53 Å². The Hall–Kier alpha value is -0.790. The lowest BCUT2D eigenvalue weighted by atomic mass is 10.1. The second kappa shape index (κ2) is 11.3. The van der Waals surface area contributed by atoms with Gasteiger partial charge in [-0.2, -0.15) is 0 Å². The van der Waals surface area contributed by atoms with Gasteiger partial charge in [0, 0.05) is 6.42 Å². The molecule has 0 atom stereocenters. The van der Waals surface area contributed by atoms with Crippen LogP contribution in [-0.2, 0) is 9.53 Å². The van der Waals surface area contributed by atoms with Crippen molar-refractivity contribution in [2.45, 2.75) is 77.0 Å². The minimum atomic E-state index is -0.000729. The molecule has 0 aromatic carbocycles. The molecule has 0 bridgehead atoms. The molecule has 2 nitrogen and oxygen atoms in total. The predicted molar refractivity (Wildman–Crippen MR) is 75.5 cm³/mol. The van der Waals surface area contributed by atoms with E-state index in [2.05, 4.69) is 12.2 Å². The van der Waals surface area contributed by atoms with E-state index in [4.69, 9.17) is 4.74 Å². The highest BCUT2D eigenvalue weighted by molar-refractivity contribution is 5.69. The van der Waals surface area contributed by atoms with Crippen molar-refractivity contribution in [3.8, 4) is 0 Å². The SMILES string of the molecule is O=C1CCCCCC/C=C\CCCCCCCO1. The second-order valence-corrected chi connectivity index (χ2v) is 5.20. The molecular weight excluding hydrogens is 224 g/mol. The Balaban J connectivity index is 2.17. The lowest BCUT2D eigenvalue weighted by Gasteiger charge is -2.04. The minimum absolute atomic E-state index is 0.000729. The average molecular weight is 252 g/mol. The van der Waals surface area contributed by atoms with E-state index in [-0.39, 0.29) is 5.97 Å². The van der Waals surface area contributed by atoms with E-state index in [0.717, 1.165) is 19.3 Å². The fourth-order valence-electron chi connectivity index (χ4n) is 2.27. The van der Waals surface area contributed by atoms with E-state index in [0.29, 0.717) is 13.0 Å². The van der Waals surface area contributed by atoms with Gasteiger partial charge < -0.3 is 4.74 Å². The Bertz CT molecular complexity index is 233. The third-order valence-corrected chi connectivity index (χ3v) is 3.45. The van der Waals surface area contributed by atoms with Gasteiger partial charge in [0.2, 0.25) is 0 Å². The van der Waals surface area contributed by atoms with E-state index in [9.17, 15) is 4.79 Å². The zero-order chi connectivity index (χ0) is 12.9. The van der Waals surface area contributed by atoms with Crippen molar-refractivity contribution in [1.82, 2.24) is 0 Å². The summed E-state index contributed by atoms with van der Waals surface area (Å²) in [6, 6.07) is 0. The summed E-state index contributed by atoms with van der Waals surface area (Å²) in [7, 11) is 0. The molecule has 0 N–H and O–H groups in total.